The summed E-state index contributed by atoms with van der Waals surface area (Å²) in [4.78, 5) is 0. The van der Waals surface area contributed by atoms with E-state index in [1.165, 1.54) is 6.07 Å². The molecule has 0 amide bonds. The maximum absolute atomic E-state index is 13.0. The van der Waals surface area contributed by atoms with Crippen LogP contribution in [0.3, 0.4) is 0 Å². The second-order valence-corrected chi connectivity index (χ2v) is 5.35. The van der Waals surface area contributed by atoms with Crippen LogP contribution in [0.4, 0.5) is 4.39 Å². The quantitative estimate of drug-likeness (QED) is 0.859. The zero-order valence-corrected chi connectivity index (χ0v) is 12.8. The van der Waals surface area contributed by atoms with Crippen LogP contribution in [-0.2, 0) is 20.0 Å². The number of nitrogens with zero attached hydrogens (tertiary/aromatic N) is 2. The van der Waals surface area contributed by atoms with Crippen LogP contribution in [0.15, 0.2) is 18.2 Å². The number of hydrogen-bond donors (Lipinski definition) is 1. The van der Waals surface area contributed by atoms with Gasteiger partial charge in [-0.3, -0.25) is 4.68 Å². The first-order chi connectivity index (χ1) is 9.49. The highest BCUT2D eigenvalue weighted by atomic mass is 35.5. The van der Waals surface area contributed by atoms with Crippen molar-refractivity contribution in [2.24, 2.45) is 7.05 Å². The van der Waals surface area contributed by atoms with Crippen LogP contribution in [0.2, 0.25) is 5.02 Å². The number of hydrogen-bond acceptors (Lipinski definition) is 2. The fourth-order valence-electron chi connectivity index (χ4n) is 2.24. The number of aromatic nitrogens is 2. The van der Waals surface area contributed by atoms with E-state index in [9.17, 15) is 4.39 Å². The molecule has 2 aromatic rings. The van der Waals surface area contributed by atoms with Gasteiger partial charge in [-0.15, -0.1) is 0 Å². The SMILES string of the molecule is Cc1cc(F)ccc1CCNCc1c(Cl)c(C)nn1C. The van der Waals surface area contributed by atoms with E-state index in [1.807, 2.05) is 27.0 Å². The van der Waals surface area contributed by atoms with Gasteiger partial charge in [-0.25, -0.2) is 4.39 Å². The summed E-state index contributed by atoms with van der Waals surface area (Å²) >= 11 is 6.19. The van der Waals surface area contributed by atoms with E-state index >= 15 is 0 Å². The minimum absolute atomic E-state index is 0.184. The second-order valence-electron chi connectivity index (χ2n) is 4.97. The van der Waals surface area contributed by atoms with Gasteiger partial charge in [0.15, 0.2) is 0 Å². The molecular formula is C15H19ClFN3. The first-order valence-electron chi connectivity index (χ1n) is 6.62. The van der Waals surface area contributed by atoms with Crippen molar-refractivity contribution in [2.45, 2.75) is 26.8 Å². The summed E-state index contributed by atoms with van der Waals surface area (Å²) in [7, 11) is 1.89. The van der Waals surface area contributed by atoms with E-state index in [1.54, 1.807) is 10.7 Å². The first-order valence-corrected chi connectivity index (χ1v) is 7.00. The maximum Gasteiger partial charge on any atom is 0.123 e. The zero-order valence-electron chi connectivity index (χ0n) is 12.0. The van der Waals surface area contributed by atoms with Gasteiger partial charge in [0.25, 0.3) is 0 Å². The Morgan fingerprint density at radius 2 is 2.10 bits per heavy atom. The molecular weight excluding hydrogens is 277 g/mol. The number of benzene rings is 1. The van der Waals surface area contributed by atoms with Crippen molar-refractivity contribution in [1.82, 2.24) is 15.1 Å². The third-order valence-corrected chi connectivity index (χ3v) is 3.92. The van der Waals surface area contributed by atoms with Gasteiger partial charge in [-0.05, 0) is 50.1 Å². The minimum atomic E-state index is -0.184. The van der Waals surface area contributed by atoms with E-state index in [-0.39, 0.29) is 5.82 Å². The van der Waals surface area contributed by atoms with Crippen molar-refractivity contribution in [3.63, 3.8) is 0 Å². The van der Waals surface area contributed by atoms with E-state index < -0.39 is 0 Å². The average Bonchev–Trinajstić information content (AvgIpc) is 2.62. The number of nitrogens with one attached hydrogen (secondary N) is 1. The van der Waals surface area contributed by atoms with Gasteiger partial charge >= 0.3 is 0 Å². The van der Waals surface area contributed by atoms with Crippen LogP contribution < -0.4 is 5.32 Å². The summed E-state index contributed by atoms with van der Waals surface area (Å²) in [6, 6.07) is 4.91. The standard InChI is InChI=1S/C15H19ClFN3/c1-10-8-13(17)5-4-12(10)6-7-18-9-14-15(16)11(2)19-20(14)3/h4-5,8,18H,6-7,9H2,1-3H3. The predicted molar refractivity (Wildman–Crippen MR) is 79.5 cm³/mol. The molecule has 2 rings (SSSR count). The topological polar surface area (TPSA) is 29.9 Å². The number of aryl methyl sites for hydroxylation is 3. The zero-order chi connectivity index (χ0) is 14.7. The van der Waals surface area contributed by atoms with Crippen LogP contribution in [0.1, 0.15) is 22.5 Å². The summed E-state index contributed by atoms with van der Waals surface area (Å²) in [5.74, 6) is -0.184. The van der Waals surface area contributed by atoms with E-state index in [0.717, 1.165) is 40.5 Å². The third-order valence-electron chi connectivity index (χ3n) is 3.43. The molecule has 1 heterocycles. The molecule has 0 aliphatic heterocycles. The third kappa shape index (κ3) is 3.38. The lowest BCUT2D eigenvalue weighted by atomic mass is 10.1. The Morgan fingerprint density at radius 1 is 1.35 bits per heavy atom. The highest BCUT2D eigenvalue weighted by Gasteiger charge is 2.10. The molecule has 0 spiro atoms. The molecule has 0 saturated carbocycles. The fourth-order valence-corrected chi connectivity index (χ4v) is 2.47. The van der Waals surface area contributed by atoms with Gasteiger partial charge < -0.3 is 5.32 Å². The number of rotatable bonds is 5. The van der Waals surface area contributed by atoms with Crippen LogP contribution in [0.25, 0.3) is 0 Å². The van der Waals surface area contributed by atoms with E-state index in [0.29, 0.717) is 6.54 Å². The molecule has 5 heteroatoms. The summed E-state index contributed by atoms with van der Waals surface area (Å²) in [6.45, 7) is 5.32. The fraction of sp³-hybridized carbons (Fsp3) is 0.400. The summed E-state index contributed by atoms with van der Waals surface area (Å²) in [5.41, 5.74) is 3.98. The average molecular weight is 296 g/mol. The van der Waals surface area contributed by atoms with Crippen molar-refractivity contribution in [1.29, 1.82) is 0 Å². The Balaban J connectivity index is 1.87. The predicted octanol–water partition coefficient (Wildman–Crippen LogP) is 3.16. The Kier molecular flexibility index (Phi) is 4.78. The minimum Gasteiger partial charge on any atom is -0.311 e. The van der Waals surface area contributed by atoms with Crippen molar-refractivity contribution >= 4 is 11.6 Å². The Morgan fingerprint density at radius 3 is 2.70 bits per heavy atom. The Labute approximate surface area is 123 Å². The van der Waals surface area contributed by atoms with E-state index in [4.69, 9.17) is 11.6 Å². The lowest BCUT2D eigenvalue weighted by Crippen LogP contribution is -2.19. The summed E-state index contributed by atoms with van der Waals surface area (Å²) < 4.78 is 14.8. The number of halogens is 2. The summed E-state index contributed by atoms with van der Waals surface area (Å²) in [6.07, 6.45) is 0.862. The van der Waals surface area contributed by atoms with Crippen LogP contribution in [0, 0.1) is 19.7 Å². The van der Waals surface area contributed by atoms with Crippen molar-refractivity contribution in [2.75, 3.05) is 6.54 Å². The van der Waals surface area contributed by atoms with Gasteiger partial charge in [0.1, 0.15) is 5.82 Å². The molecule has 0 bridgehead atoms. The monoisotopic (exact) mass is 295 g/mol. The lowest BCUT2D eigenvalue weighted by Gasteiger charge is -2.08. The molecule has 1 aromatic heterocycles. The van der Waals surface area contributed by atoms with Gasteiger partial charge in [-0.2, -0.15) is 5.10 Å². The molecule has 0 unspecified atom stereocenters. The highest BCUT2D eigenvalue weighted by Crippen LogP contribution is 2.19. The van der Waals surface area contributed by atoms with Crippen LogP contribution >= 0.6 is 11.6 Å². The molecule has 0 aliphatic rings. The maximum atomic E-state index is 13.0. The van der Waals surface area contributed by atoms with Crippen molar-refractivity contribution in [3.8, 4) is 0 Å². The summed E-state index contributed by atoms with van der Waals surface area (Å²) in [5, 5.41) is 8.34. The van der Waals surface area contributed by atoms with Gasteiger partial charge in [0.2, 0.25) is 0 Å². The van der Waals surface area contributed by atoms with E-state index in [2.05, 4.69) is 10.4 Å². The molecule has 20 heavy (non-hydrogen) atoms. The van der Waals surface area contributed by atoms with Crippen LogP contribution in [0.5, 0.6) is 0 Å². The first kappa shape index (κ1) is 15.0. The second kappa shape index (κ2) is 6.37. The normalized spacial score (nSPS) is 11.1. The smallest absolute Gasteiger partial charge is 0.123 e. The Hall–Kier alpha value is -1.39. The highest BCUT2D eigenvalue weighted by molar-refractivity contribution is 6.31. The molecule has 108 valence electrons. The molecule has 0 radical (unpaired) electrons. The molecule has 0 atom stereocenters. The van der Waals surface area contributed by atoms with Crippen LogP contribution in [-0.4, -0.2) is 16.3 Å². The molecule has 1 N–H and O–H groups in total. The molecule has 0 fully saturated rings. The van der Waals surface area contributed by atoms with Crippen molar-refractivity contribution < 1.29 is 4.39 Å². The molecule has 3 nitrogen and oxygen atoms in total. The molecule has 0 aliphatic carbocycles. The molecule has 0 saturated heterocycles. The molecule has 1 aromatic carbocycles. The Bertz CT molecular complexity index is 607. The van der Waals surface area contributed by atoms with Gasteiger partial charge in [0.05, 0.1) is 16.4 Å². The lowest BCUT2D eigenvalue weighted by molar-refractivity contribution is 0.617. The van der Waals surface area contributed by atoms with Gasteiger partial charge in [0, 0.05) is 13.6 Å². The van der Waals surface area contributed by atoms with Gasteiger partial charge in [-0.1, -0.05) is 17.7 Å². The largest absolute Gasteiger partial charge is 0.311 e. The van der Waals surface area contributed by atoms with Crippen molar-refractivity contribution in [3.05, 3.63) is 51.6 Å².